The first-order valence-corrected chi connectivity index (χ1v) is 5.12. The second kappa shape index (κ2) is 10.9. The molecular weight excluding hydrogens is 150 g/mol. The Balaban J connectivity index is 2.73. The van der Waals surface area contributed by atoms with Crippen LogP contribution in [0.1, 0.15) is 39.5 Å². The summed E-state index contributed by atoms with van der Waals surface area (Å²) in [6.45, 7) is 7.78. The monoisotopic (exact) mass is 172 g/mol. The first-order chi connectivity index (χ1) is 5.91. The average Bonchev–Trinajstić information content (AvgIpc) is 2.10. The average molecular weight is 172 g/mol. The van der Waals surface area contributed by atoms with Gasteiger partial charge in [0.25, 0.3) is 0 Å². The predicted molar refractivity (Wildman–Crippen MR) is 52.5 cm³/mol. The molecule has 0 rings (SSSR count). The summed E-state index contributed by atoms with van der Waals surface area (Å²) in [7, 11) is 0. The summed E-state index contributed by atoms with van der Waals surface area (Å²) in [4.78, 5) is 0. The summed E-state index contributed by atoms with van der Waals surface area (Å²) in [5, 5.41) is 4.18. The molecule has 0 N–H and O–H groups in total. The number of hydrogen-bond donors (Lipinski definition) is 0. The lowest BCUT2D eigenvalue weighted by Gasteiger charge is -2.02. The molecule has 0 spiro atoms. The molecule has 0 saturated carbocycles. The van der Waals surface area contributed by atoms with Gasteiger partial charge in [0, 0.05) is 19.7 Å². The second-order valence-corrected chi connectivity index (χ2v) is 2.94. The number of unbranched alkanes of at least 4 members (excludes halogenated alkanes) is 3. The van der Waals surface area contributed by atoms with Crippen molar-refractivity contribution >= 4 is 0 Å². The van der Waals surface area contributed by atoms with Crippen LogP contribution >= 0.6 is 0 Å². The lowest BCUT2D eigenvalue weighted by Crippen LogP contribution is -2.12. The van der Waals surface area contributed by atoms with Crippen molar-refractivity contribution in [2.75, 3.05) is 26.3 Å². The first kappa shape index (κ1) is 11.9. The molecule has 0 aromatic rings. The van der Waals surface area contributed by atoms with E-state index in [1.807, 2.05) is 0 Å². The van der Waals surface area contributed by atoms with Crippen molar-refractivity contribution < 1.29 is 4.74 Å². The lowest BCUT2D eigenvalue weighted by molar-refractivity contribution is 0.131. The molecule has 0 unspecified atom stereocenters. The van der Waals surface area contributed by atoms with Gasteiger partial charge in [0.2, 0.25) is 0 Å². The minimum atomic E-state index is 0.806. The molecule has 0 aliphatic heterocycles. The largest absolute Gasteiger partial charge is 0.380 e. The van der Waals surface area contributed by atoms with Gasteiger partial charge in [-0.25, -0.2) is 5.32 Å². The quantitative estimate of drug-likeness (QED) is 0.489. The van der Waals surface area contributed by atoms with E-state index in [1.165, 1.54) is 25.7 Å². The molecule has 1 radical (unpaired) electrons. The summed E-state index contributed by atoms with van der Waals surface area (Å²) in [6.07, 6.45) is 5.15. The molecule has 0 amide bonds. The van der Waals surface area contributed by atoms with Gasteiger partial charge in [0.15, 0.2) is 0 Å². The van der Waals surface area contributed by atoms with E-state index in [0.29, 0.717) is 0 Å². The minimum Gasteiger partial charge on any atom is -0.380 e. The van der Waals surface area contributed by atoms with Crippen LogP contribution in [0, 0.1) is 0 Å². The van der Waals surface area contributed by atoms with Crippen LogP contribution in [-0.4, -0.2) is 26.3 Å². The third-order valence-corrected chi connectivity index (χ3v) is 1.76. The second-order valence-electron chi connectivity index (χ2n) is 2.94. The Morgan fingerprint density at radius 3 is 2.50 bits per heavy atom. The zero-order valence-corrected chi connectivity index (χ0v) is 8.51. The Hall–Kier alpha value is -0.0800. The Bertz CT molecular complexity index is 66.2. The molecule has 0 heterocycles. The number of hydrogen-bond acceptors (Lipinski definition) is 1. The first-order valence-electron chi connectivity index (χ1n) is 5.12. The van der Waals surface area contributed by atoms with E-state index in [2.05, 4.69) is 19.2 Å². The van der Waals surface area contributed by atoms with E-state index < -0.39 is 0 Å². The van der Waals surface area contributed by atoms with Crippen LogP contribution < -0.4 is 5.32 Å². The van der Waals surface area contributed by atoms with Crippen LogP contribution in [0.3, 0.4) is 0 Å². The molecule has 73 valence electrons. The fourth-order valence-corrected chi connectivity index (χ4v) is 1.02. The molecule has 0 saturated heterocycles. The molecule has 0 aromatic carbocycles. The van der Waals surface area contributed by atoms with Crippen LogP contribution in [0.15, 0.2) is 0 Å². The van der Waals surface area contributed by atoms with Crippen LogP contribution in [0.25, 0.3) is 0 Å². The predicted octanol–water partition coefficient (Wildman–Crippen LogP) is 2.21. The van der Waals surface area contributed by atoms with Gasteiger partial charge in [-0.05, 0) is 6.42 Å². The van der Waals surface area contributed by atoms with Crippen LogP contribution in [0.2, 0.25) is 0 Å². The Labute approximate surface area is 76.7 Å². The van der Waals surface area contributed by atoms with Crippen LogP contribution in [0.4, 0.5) is 0 Å². The Morgan fingerprint density at radius 2 is 1.83 bits per heavy atom. The maximum Gasteiger partial charge on any atom is 0.0607 e. The molecule has 0 fully saturated rings. The van der Waals surface area contributed by atoms with E-state index in [0.717, 1.165) is 26.3 Å². The van der Waals surface area contributed by atoms with Crippen LogP contribution in [-0.2, 0) is 4.74 Å². The zero-order chi connectivity index (χ0) is 9.07. The van der Waals surface area contributed by atoms with E-state index in [-0.39, 0.29) is 0 Å². The molecule has 2 heteroatoms. The van der Waals surface area contributed by atoms with E-state index in [1.54, 1.807) is 0 Å². The lowest BCUT2D eigenvalue weighted by atomic mass is 10.2. The number of ether oxygens (including phenoxy) is 1. The van der Waals surface area contributed by atoms with Crippen molar-refractivity contribution in [1.82, 2.24) is 5.32 Å². The van der Waals surface area contributed by atoms with E-state index >= 15 is 0 Å². The number of rotatable bonds is 9. The summed E-state index contributed by atoms with van der Waals surface area (Å²) < 4.78 is 5.39. The van der Waals surface area contributed by atoms with Crippen LogP contribution in [0.5, 0.6) is 0 Å². The van der Waals surface area contributed by atoms with Crippen molar-refractivity contribution in [1.29, 1.82) is 0 Å². The summed E-state index contributed by atoms with van der Waals surface area (Å²) >= 11 is 0. The number of nitrogens with zero attached hydrogens (tertiary/aromatic N) is 1. The third kappa shape index (κ3) is 9.92. The van der Waals surface area contributed by atoms with Gasteiger partial charge in [-0.2, -0.15) is 0 Å². The molecule has 2 nitrogen and oxygen atoms in total. The Kier molecular flexibility index (Phi) is 10.8. The SMILES string of the molecule is CCCCCCOCC[N]CC. The standard InChI is InChI=1S/C10H22NO/c1-3-5-6-7-9-12-10-8-11-4-2/h3-10H2,1-2H3. The van der Waals surface area contributed by atoms with E-state index in [9.17, 15) is 0 Å². The third-order valence-electron chi connectivity index (χ3n) is 1.76. The van der Waals surface area contributed by atoms with Crippen molar-refractivity contribution in [3.8, 4) is 0 Å². The van der Waals surface area contributed by atoms with Crippen molar-refractivity contribution in [2.24, 2.45) is 0 Å². The molecule has 0 aromatic heterocycles. The molecule has 0 bridgehead atoms. The van der Waals surface area contributed by atoms with E-state index in [4.69, 9.17) is 4.74 Å². The Morgan fingerprint density at radius 1 is 1.00 bits per heavy atom. The van der Waals surface area contributed by atoms with Gasteiger partial charge < -0.3 is 4.74 Å². The van der Waals surface area contributed by atoms with Gasteiger partial charge in [0.1, 0.15) is 0 Å². The highest BCUT2D eigenvalue weighted by atomic mass is 16.5. The molecule has 0 atom stereocenters. The number of likely N-dealkylation sites (N-methyl/N-ethyl adjacent to an activating group) is 1. The van der Waals surface area contributed by atoms with Gasteiger partial charge in [0.05, 0.1) is 6.61 Å². The van der Waals surface area contributed by atoms with Gasteiger partial charge >= 0.3 is 0 Å². The highest BCUT2D eigenvalue weighted by molar-refractivity contribution is 4.42. The highest BCUT2D eigenvalue weighted by Gasteiger charge is 1.89. The molecule has 0 aliphatic rings. The van der Waals surface area contributed by atoms with Gasteiger partial charge in [-0.15, -0.1) is 0 Å². The summed E-state index contributed by atoms with van der Waals surface area (Å²) in [5.74, 6) is 0. The maximum atomic E-state index is 5.39. The summed E-state index contributed by atoms with van der Waals surface area (Å²) in [6, 6.07) is 0. The maximum absolute atomic E-state index is 5.39. The van der Waals surface area contributed by atoms with Crippen molar-refractivity contribution in [3.63, 3.8) is 0 Å². The molecular formula is C10H22NO. The zero-order valence-electron chi connectivity index (χ0n) is 8.51. The fourth-order valence-electron chi connectivity index (χ4n) is 1.02. The van der Waals surface area contributed by atoms with Crippen molar-refractivity contribution in [2.45, 2.75) is 39.5 Å². The van der Waals surface area contributed by atoms with Gasteiger partial charge in [-0.1, -0.05) is 33.1 Å². The minimum absolute atomic E-state index is 0.806. The molecule has 0 aliphatic carbocycles. The normalized spacial score (nSPS) is 10.5. The fraction of sp³-hybridized carbons (Fsp3) is 1.00. The topological polar surface area (TPSA) is 23.3 Å². The highest BCUT2D eigenvalue weighted by Crippen LogP contribution is 1.98. The van der Waals surface area contributed by atoms with Gasteiger partial charge in [-0.3, -0.25) is 0 Å². The van der Waals surface area contributed by atoms with Crippen molar-refractivity contribution in [3.05, 3.63) is 0 Å². The summed E-state index contributed by atoms with van der Waals surface area (Å²) in [5.41, 5.74) is 0. The molecule has 12 heavy (non-hydrogen) atoms. The smallest absolute Gasteiger partial charge is 0.0607 e.